The van der Waals surface area contributed by atoms with Crippen molar-refractivity contribution in [1.29, 1.82) is 5.26 Å². The maximum absolute atomic E-state index is 8.63. The molecule has 0 radical (unpaired) electrons. The van der Waals surface area contributed by atoms with Crippen molar-refractivity contribution in [2.24, 2.45) is 4.99 Å². The van der Waals surface area contributed by atoms with Crippen molar-refractivity contribution < 1.29 is 0 Å². The molecule has 0 aromatic carbocycles. The second-order valence-corrected chi connectivity index (χ2v) is 3.59. The van der Waals surface area contributed by atoms with Gasteiger partial charge in [-0.05, 0) is 6.42 Å². The van der Waals surface area contributed by atoms with Crippen molar-refractivity contribution in [2.75, 3.05) is 39.3 Å². The van der Waals surface area contributed by atoms with Crippen LogP contribution in [0.5, 0.6) is 0 Å². The third-order valence-electron chi connectivity index (χ3n) is 2.69. The van der Waals surface area contributed by atoms with Gasteiger partial charge in [-0.2, -0.15) is 5.26 Å². The highest BCUT2D eigenvalue weighted by Crippen LogP contribution is 2.10. The molecule has 2 fully saturated rings. The number of nitrogens with zero attached hydrogens (tertiary/aromatic N) is 4. The van der Waals surface area contributed by atoms with E-state index >= 15 is 0 Å². The Morgan fingerprint density at radius 2 is 1.73 bits per heavy atom. The molecule has 84 valence electrons. The van der Waals surface area contributed by atoms with Crippen LogP contribution in [0.25, 0.3) is 0 Å². The first-order valence-electron chi connectivity index (χ1n) is 5.09. The van der Waals surface area contributed by atoms with E-state index in [0.29, 0.717) is 0 Å². The molecule has 2 aliphatic heterocycles. The lowest BCUT2D eigenvalue weighted by molar-refractivity contribution is 0.235. The highest BCUT2D eigenvalue weighted by Gasteiger charge is 2.24. The van der Waals surface area contributed by atoms with Gasteiger partial charge >= 0.3 is 0 Å². The minimum Gasteiger partial charge on any atom is -0.342 e. The highest BCUT2D eigenvalue weighted by atomic mass is 35.5. The lowest BCUT2D eigenvalue weighted by Gasteiger charge is -2.40. The molecule has 2 saturated heterocycles. The summed E-state index contributed by atoms with van der Waals surface area (Å²) in [5.74, 6) is 0.875. The molecule has 0 atom stereocenters. The number of hydrogen-bond acceptors (Lipinski definition) is 3. The highest BCUT2D eigenvalue weighted by molar-refractivity contribution is 5.85. The van der Waals surface area contributed by atoms with Crippen molar-refractivity contribution >= 4 is 18.4 Å². The van der Waals surface area contributed by atoms with Gasteiger partial charge in [0.25, 0.3) is 0 Å². The number of halogens is 1. The zero-order valence-corrected chi connectivity index (χ0v) is 9.46. The van der Waals surface area contributed by atoms with E-state index in [-0.39, 0.29) is 12.4 Å². The first-order chi connectivity index (χ1) is 6.92. The average Bonchev–Trinajstić information content (AvgIpc) is 2.16. The SMILES string of the molecule is Cl.N#C/N=C(\N1CCC1)N1CCNCC1. The fourth-order valence-corrected chi connectivity index (χ4v) is 1.77. The molecular weight excluding hydrogens is 214 g/mol. The number of guanidine groups is 1. The van der Waals surface area contributed by atoms with Gasteiger partial charge in [0.15, 0.2) is 0 Å². The van der Waals surface area contributed by atoms with Gasteiger partial charge in [-0.25, -0.2) is 0 Å². The lowest BCUT2D eigenvalue weighted by Crippen LogP contribution is -2.55. The first-order valence-corrected chi connectivity index (χ1v) is 5.09. The molecule has 0 bridgehead atoms. The Bertz CT molecular complexity index is 262. The van der Waals surface area contributed by atoms with Gasteiger partial charge in [-0.3, -0.25) is 0 Å². The topological polar surface area (TPSA) is 54.7 Å². The van der Waals surface area contributed by atoms with Gasteiger partial charge in [0.1, 0.15) is 0 Å². The van der Waals surface area contributed by atoms with Gasteiger partial charge in [-0.15, -0.1) is 17.4 Å². The maximum Gasteiger partial charge on any atom is 0.212 e. The van der Waals surface area contributed by atoms with Crippen LogP contribution < -0.4 is 5.32 Å². The first kappa shape index (κ1) is 12.1. The van der Waals surface area contributed by atoms with E-state index in [0.717, 1.165) is 45.2 Å². The van der Waals surface area contributed by atoms with Crippen molar-refractivity contribution in [3.8, 4) is 6.19 Å². The van der Waals surface area contributed by atoms with E-state index in [1.165, 1.54) is 6.42 Å². The molecule has 6 heteroatoms. The summed E-state index contributed by atoms with van der Waals surface area (Å²) in [6.45, 7) is 5.97. The van der Waals surface area contributed by atoms with Gasteiger partial charge in [0.2, 0.25) is 12.2 Å². The monoisotopic (exact) mass is 229 g/mol. The van der Waals surface area contributed by atoms with Crippen molar-refractivity contribution in [3.63, 3.8) is 0 Å². The summed E-state index contributed by atoms with van der Waals surface area (Å²) >= 11 is 0. The predicted octanol–water partition coefficient (Wildman–Crippen LogP) is -0.144. The molecule has 0 unspecified atom stereocenters. The van der Waals surface area contributed by atoms with Crippen LogP contribution in [0, 0.1) is 11.5 Å². The zero-order valence-electron chi connectivity index (χ0n) is 8.65. The van der Waals surface area contributed by atoms with E-state index in [2.05, 4.69) is 20.1 Å². The molecule has 0 amide bonds. The minimum absolute atomic E-state index is 0. The molecule has 15 heavy (non-hydrogen) atoms. The quantitative estimate of drug-likeness (QED) is 0.357. The van der Waals surface area contributed by atoms with Crippen LogP contribution in [-0.4, -0.2) is 55.0 Å². The summed E-state index contributed by atoms with van der Waals surface area (Å²) < 4.78 is 0. The van der Waals surface area contributed by atoms with E-state index in [9.17, 15) is 0 Å². The Morgan fingerprint density at radius 3 is 2.20 bits per heavy atom. The van der Waals surface area contributed by atoms with Crippen molar-refractivity contribution in [1.82, 2.24) is 15.1 Å². The molecule has 0 saturated carbocycles. The van der Waals surface area contributed by atoms with Gasteiger partial charge in [0.05, 0.1) is 0 Å². The molecule has 0 aliphatic carbocycles. The summed E-state index contributed by atoms with van der Waals surface area (Å²) in [6, 6.07) is 0. The molecule has 1 N–H and O–H groups in total. The van der Waals surface area contributed by atoms with E-state index in [4.69, 9.17) is 5.26 Å². The summed E-state index contributed by atoms with van der Waals surface area (Å²) in [5.41, 5.74) is 0. The summed E-state index contributed by atoms with van der Waals surface area (Å²) in [4.78, 5) is 8.28. The van der Waals surface area contributed by atoms with Crippen LogP contribution in [0.1, 0.15) is 6.42 Å². The number of nitrogens with one attached hydrogen (secondary N) is 1. The summed E-state index contributed by atoms with van der Waals surface area (Å²) in [7, 11) is 0. The molecule has 0 spiro atoms. The number of aliphatic imine (C=N–C) groups is 1. The van der Waals surface area contributed by atoms with Crippen LogP contribution in [0.3, 0.4) is 0 Å². The van der Waals surface area contributed by atoms with Crippen LogP contribution in [-0.2, 0) is 0 Å². The zero-order chi connectivity index (χ0) is 9.80. The fraction of sp³-hybridized carbons (Fsp3) is 0.778. The Balaban J connectivity index is 0.00000112. The average molecular weight is 230 g/mol. The second kappa shape index (κ2) is 5.79. The number of hydrogen-bond donors (Lipinski definition) is 1. The Kier molecular flexibility index (Phi) is 4.66. The summed E-state index contributed by atoms with van der Waals surface area (Å²) in [5, 5.41) is 11.9. The Morgan fingerprint density at radius 1 is 1.13 bits per heavy atom. The van der Waals surface area contributed by atoms with Crippen LogP contribution >= 0.6 is 12.4 Å². The van der Waals surface area contributed by atoms with Crippen molar-refractivity contribution in [2.45, 2.75) is 6.42 Å². The number of piperazine rings is 1. The Labute approximate surface area is 96.2 Å². The van der Waals surface area contributed by atoms with E-state index in [1.54, 1.807) is 0 Å². The number of nitriles is 1. The van der Waals surface area contributed by atoms with Gasteiger partial charge in [0, 0.05) is 39.3 Å². The molecule has 2 heterocycles. The standard InChI is InChI=1S/C9H15N5.ClH/c10-8-12-9(13-4-1-5-13)14-6-2-11-3-7-14;/h11H,1-7H2;1H/b12-9+;. The van der Waals surface area contributed by atoms with Gasteiger partial charge in [-0.1, -0.05) is 0 Å². The molecule has 0 aromatic rings. The van der Waals surface area contributed by atoms with Crippen LogP contribution in [0.15, 0.2) is 4.99 Å². The fourth-order valence-electron chi connectivity index (χ4n) is 1.77. The van der Waals surface area contributed by atoms with E-state index < -0.39 is 0 Å². The molecule has 5 nitrogen and oxygen atoms in total. The molecule has 0 aromatic heterocycles. The van der Waals surface area contributed by atoms with Crippen LogP contribution in [0.2, 0.25) is 0 Å². The largest absolute Gasteiger partial charge is 0.342 e. The maximum atomic E-state index is 8.63. The molecule has 2 aliphatic rings. The number of rotatable bonds is 0. The second-order valence-electron chi connectivity index (χ2n) is 3.59. The third kappa shape index (κ3) is 2.74. The van der Waals surface area contributed by atoms with E-state index in [1.807, 2.05) is 6.19 Å². The number of likely N-dealkylation sites (tertiary alicyclic amines) is 1. The van der Waals surface area contributed by atoms with Crippen LogP contribution in [0.4, 0.5) is 0 Å². The molecule has 2 rings (SSSR count). The van der Waals surface area contributed by atoms with Crippen molar-refractivity contribution in [3.05, 3.63) is 0 Å². The lowest BCUT2D eigenvalue weighted by atomic mass is 10.2. The summed E-state index contributed by atoms with van der Waals surface area (Å²) in [6.07, 6.45) is 3.12. The third-order valence-corrected chi connectivity index (χ3v) is 2.69. The normalized spacial score (nSPS) is 21.4. The van der Waals surface area contributed by atoms with Gasteiger partial charge < -0.3 is 15.1 Å². The Hall–Kier alpha value is -0.990. The molecular formula is C9H16ClN5. The smallest absolute Gasteiger partial charge is 0.212 e. The minimum atomic E-state index is 0. The predicted molar refractivity (Wildman–Crippen MR) is 60.9 cm³/mol.